The van der Waals surface area contributed by atoms with Crippen molar-refractivity contribution < 1.29 is 13.2 Å². The van der Waals surface area contributed by atoms with Gasteiger partial charge in [0.25, 0.3) is 9.05 Å². The molecule has 0 saturated heterocycles. The third-order valence-electron chi connectivity index (χ3n) is 2.74. The molecule has 0 bridgehead atoms. The lowest BCUT2D eigenvalue weighted by Gasteiger charge is -2.10. The van der Waals surface area contributed by atoms with Crippen LogP contribution in [0.3, 0.4) is 0 Å². The molecule has 0 N–H and O–H groups in total. The third kappa shape index (κ3) is 3.49. The van der Waals surface area contributed by atoms with Gasteiger partial charge in [-0.1, -0.05) is 26.0 Å². The van der Waals surface area contributed by atoms with E-state index < -0.39 is 9.05 Å². The molecule has 0 fully saturated rings. The van der Waals surface area contributed by atoms with E-state index in [9.17, 15) is 8.42 Å². The number of rotatable bonds is 4. The normalized spacial score (nSPS) is 11.6. The van der Waals surface area contributed by atoms with Gasteiger partial charge in [0.15, 0.2) is 0 Å². The summed E-state index contributed by atoms with van der Waals surface area (Å²) in [6.07, 6.45) is 1.45. The zero-order valence-corrected chi connectivity index (χ0v) is 12.6. The van der Waals surface area contributed by atoms with E-state index >= 15 is 0 Å². The maximum atomic E-state index is 11.5. The lowest BCUT2D eigenvalue weighted by Crippen LogP contribution is -1.98. The zero-order valence-electron chi connectivity index (χ0n) is 11.1. The van der Waals surface area contributed by atoms with Crippen LogP contribution in [-0.4, -0.2) is 13.4 Å². The summed E-state index contributed by atoms with van der Waals surface area (Å²) in [7, 11) is 1.47. The molecule has 4 nitrogen and oxygen atoms in total. The van der Waals surface area contributed by atoms with E-state index in [0.29, 0.717) is 11.7 Å². The Balaban J connectivity index is 2.38. The molecular formula is C14H14ClNO3S. The molecule has 0 aliphatic carbocycles. The Hall–Kier alpha value is -1.59. The number of ether oxygens (including phenoxy) is 1. The van der Waals surface area contributed by atoms with Crippen molar-refractivity contribution >= 4 is 19.7 Å². The second kappa shape index (κ2) is 5.81. The second-order valence-electron chi connectivity index (χ2n) is 4.57. The van der Waals surface area contributed by atoms with Crippen LogP contribution in [0.4, 0.5) is 0 Å². The number of aromatic nitrogens is 1. The molecule has 2 aromatic rings. The van der Waals surface area contributed by atoms with Gasteiger partial charge < -0.3 is 4.74 Å². The van der Waals surface area contributed by atoms with Crippen LogP contribution >= 0.6 is 10.7 Å². The summed E-state index contributed by atoms with van der Waals surface area (Å²) < 4.78 is 28.5. The first-order valence-electron chi connectivity index (χ1n) is 6.05. The van der Waals surface area contributed by atoms with Gasteiger partial charge in [-0.25, -0.2) is 13.4 Å². The first-order valence-corrected chi connectivity index (χ1v) is 8.36. The first kappa shape index (κ1) is 14.8. The number of hydrogen-bond donors (Lipinski definition) is 0. The minimum Gasteiger partial charge on any atom is -0.438 e. The molecule has 106 valence electrons. The monoisotopic (exact) mass is 311 g/mol. The fourth-order valence-electron chi connectivity index (χ4n) is 1.69. The molecule has 0 radical (unpaired) electrons. The average Bonchev–Trinajstić information content (AvgIpc) is 2.38. The molecule has 0 spiro atoms. The maximum Gasteiger partial charge on any atom is 0.266 e. The molecule has 0 aliphatic heterocycles. The molecule has 1 aromatic heterocycles. The number of benzene rings is 1. The Morgan fingerprint density at radius 2 is 1.95 bits per heavy atom. The number of halogens is 1. The molecule has 20 heavy (non-hydrogen) atoms. The fourth-order valence-corrected chi connectivity index (χ4v) is 2.58. The highest BCUT2D eigenvalue weighted by Gasteiger charge is 2.18. The topological polar surface area (TPSA) is 56.3 Å². The summed E-state index contributed by atoms with van der Waals surface area (Å²) in [4.78, 5) is 3.79. The van der Waals surface area contributed by atoms with Gasteiger partial charge in [-0.05, 0) is 35.7 Å². The van der Waals surface area contributed by atoms with Crippen molar-refractivity contribution in [1.82, 2.24) is 4.98 Å². The smallest absolute Gasteiger partial charge is 0.266 e. The van der Waals surface area contributed by atoms with E-state index in [0.717, 1.165) is 5.56 Å². The Morgan fingerprint density at radius 1 is 1.20 bits per heavy atom. The van der Waals surface area contributed by atoms with Gasteiger partial charge in [0.1, 0.15) is 10.6 Å². The van der Waals surface area contributed by atoms with Crippen molar-refractivity contribution in [2.24, 2.45) is 0 Å². The number of pyridine rings is 1. The van der Waals surface area contributed by atoms with Crippen LogP contribution in [0.15, 0.2) is 47.5 Å². The van der Waals surface area contributed by atoms with E-state index in [1.807, 2.05) is 18.2 Å². The summed E-state index contributed by atoms with van der Waals surface area (Å²) in [5.74, 6) is 0.846. The molecule has 0 unspecified atom stereocenters. The molecule has 1 aromatic carbocycles. The van der Waals surface area contributed by atoms with Crippen molar-refractivity contribution in [3.8, 4) is 11.6 Å². The Morgan fingerprint density at radius 3 is 2.60 bits per heavy atom. The van der Waals surface area contributed by atoms with E-state index in [2.05, 4.69) is 18.8 Å². The molecule has 0 saturated carbocycles. The Labute approximate surface area is 122 Å². The van der Waals surface area contributed by atoms with Gasteiger partial charge in [-0.3, -0.25) is 0 Å². The Bertz CT molecular complexity index is 714. The molecular weight excluding hydrogens is 298 g/mol. The van der Waals surface area contributed by atoms with Crippen LogP contribution in [0.5, 0.6) is 11.6 Å². The minimum atomic E-state index is -3.90. The van der Waals surface area contributed by atoms with E-state index in [1.165, 1.54) is 18.3 Å². The summed E-state index contributed by atoms with van der Waals surface area (Å²) >= 11 is 0. The molecule has 0 aliphatic rings. The van der Waals surface area contributed by atoms with E-state index in [1.54, 1.807) is 6.07 Å². The van der Waals surface area contributed by atoms with Gasteiger partial charge in [0.05, 0.1) is 0 Å². The standard InChI is InChI=1S/C14H14ClNO3S/c1-10(2)11-5-3-6-12(9-11)19-14-13(20(15,17)18)7-4-8-16-14/h3-10H,1-2H3. The molecule has 0 amide bonds. The van der Waals surface area contributed by atoms with Crippen molar-refractivity contribution in [2.75, 3.05) is 0 Å². The SMILES string of the molecule is CC(C)c1cccc(Oc2ncccc2S(=O)(=O)Cl)c1. The summed E-state index contributed by atoms with van der Waals surface area (Å²) in [6.45, 7) is 4.13. The summed E-state index contributed by atoms with van der Waals surface area (Å²) in [5.41, 5.74) is 1.09. The van der Waals surface area contributed by atoms with Gasteiger partial charge in [-0.2, -0.15) is 0 Å². The number of nitrogens with zero attached hydrogens (tertiary/aromatic N) is 1. The van der Waals surface area contributed by atoms with Crippen LogP contribution in [0, 0.1) is 0 Å². The Kier molecular flexibility index (Phi) is 4.30. The zero-order chi connectivity index (χ0) is 14.8. The van der Waals surface area contributed by atoms with Crippen molar-refractivity contribution in [3.63, 3.8) is 0 Å². The molecule has 6 heteroatoms. The summed E-state index contributed by atoms with van der Waals surface area (Å²) in [6, 6.07) is 10.3. The predicted molar refractivity (Wildman–Crippen MR) is 77.9 cm³/mol. The largest absolute Gasteiger partial charge is 0.438 e. The van der Waals surface area contributed by atoms with E-state index in [4.69, 9.17) is 15.4 Å². The fraction of sp³-hybridized carbons (Fsp3) is 0.214. The van der Waals surface area contributed by atoms with Gasteiger partial charge in [-0.15, -0.1) is 0 Å². The minimum absolute atomic E-state index is 0.0246. The van der Waals surface area contributed by atoms with Crippen molar-refractivity contribution in [3.05, 3.63) is 48.2 Å². The van der Waals surface area contributed by atoms with Crippen LogP contribution in [0.1, 0.15) is 25.3 Å². The number of hydrogen-bond acceptors (Lipinski definition) is 4. The van der Waals surface area contributed by atoms with Crippen LogP contribution in [0.2, 0.25) is 0 Å². The van der Waals surface area contributed by atoms with Crippen LogP contribution in [0.25, 0.3) is 0 Å². The lowest BCUT2D eigenvalue weighted by molar-refractivity contribution is 0.447. The highest BCUT2D eigenvalue weighted by Crippen LogP contribution is 2.29. The highest BCUT2D eigenvalue weighted by molar-refractivity contribution is 8.13. The highest BCUT2D eigenvalue weighted by atomic mass is 35.7. The summed E-state index contributed by atoms with van der Waals surface area (Å²) in [5, 5.41) is 0. The maximum absolute atomic E-state index is 11.5. The molecule has 0 atom stereocenters. The van der Waals surface area contributed by atoms with Crippen molar-refractivity contribution in [2.45, 2.75) is 24.7 Å². The average molecular weight is 312 g/mol. The molecule has 1 heterocycles. The lowest BCUT2D eigenvalue weighted by atomic mass is 10.0. The van der Waals surface area contributed by atoms with Crippen LogP contribution < -0.4 is 4.74 Å². The van der Waals surface area contributed by atoms with E-state index in [-0.39, 0.29) is 10.8 Å². The van der Waals surface area contributed by atoms with Gasteiger partial charge >= 0.3 is 0 Å². The van der Waals surface area contributed by atoms with Crippen molar-refractivity contribution in [1.29, 1.82) is 0 Å². The second-order valence-corrected chi connectivity index (χ2v) is 7.11. The van der Waals surface area contributed by atoms with Gasteiger partial charge in [0, 0.05) is 16.9 Å². The predicted octanol–water partition coefficient (Wildman–Crippen LogP) is 3.92. The third-order valence-corrected chi connectivity index (χ3v) is 4.07. The first-order chi connectivity index (χ1) is 9.38. The molecule has 2 rings (SSSR count). The quantitative estimate of drug-likeness (QED) is 0.803. The van der Waals surface area contributed by atoms with Crippen LogP contribution in [-0.2, 0) is 9.05 Å². The van der Waals surface area contributed by atoms with Gasteiger partial charge in [0.2, 0.25) is 5.88 Å².